The van der Waals surface area contributed by atoms with Crippen molar-refractivity contribution < 1.29 is 9.90 Å². The Morgan fingerprint density at radius 2 is 1.32 bits per heavy atom. The lowest BCUT2D eigenvalue weighted by Gasteiger charge is -2.09. The van der Waals surface area contributed by atoms with Crippen molar-refractivity contribution in [3.05, 3.63) is 0 Å². The second-order valence-electron chi connectivity index (χ2n) is 6.01. The third-order valence-corrected chi connectivity index (χ3v) is 3.90. The second-order valence-corrected chi connectivity index (χ2v) is 6.01. The predicted molar refractivity (Wildman–Crippen MR) is 82.5 cm³/mol. The van der Waals surface area contributed by atoms with Crippen LogP contribution in [0, 0.1) is 5.92 Å². The molecule has 0 spiro atoms. The lowest BCUT2D eigenvalue weighted by atomic mass is 9.97. The predicted octanol–water partition coefficient (Wildman–Crippen LogP) is 5.80. The third kappa shape index (κ3) is 15.4. The molecule has 2 nitrogen and oxygen atoms in total. The van der Waals surface area contributed by atoms with Crippen molar-refractivity contribution in [1.82, 2.24) is 0 Å². The fraction of sp³-hybridized carbons (Fsp3) is 0.941. The molecule has 2 heteroatoms. The van der Waals surface area contributed by atoms with Crippen LogP contribution in [-0.4, -0.2) is 11.1 Å². The molecule has 0 rings (SSSR count). The number of hydrogen-bond acceptors (Lipinski definition) is 1. The molecule has 0 unspecified atom stereocenters. The number of aliphatic carboxylic acids is 1. The highest BCUT2D eigenvalue weighted by molar-refractivity contribution is 5.66. The standard InChI is InChI=1S/C17H34O2/c1-3-4-5-6-7-8-9-10-11-12-13-16(2)14-15-17(18)19/h16H,3-15H2,1-2H3,(H,18,19)/t16-/m0/s1. The van der Waals surface area contributed by atoms with Crippen LogP contribution in [0.2, 0.25) is 0 Å². The van der Waals surface area contributed by atoms with Gasteiger partial charge in [0.1, 0.15) is 0 Å². The van der Waals surface area contributed by atoms with Gasteiger partial charge in [-0.1, -0.05) is 84.5 Å². The minimum atomic E-state index is -0.657. The molecular weight excluding hydrogens is 236 g/mol. The maximum absolute atomic E-state index is 10.4. The molecule has 0 heterocycles. The number of hydrogen-bond donors (Lipinski definition) is 1. The normalized spacial score (nSPS) is 12.5. The van der Waals surface area contributed by atoms with Crippen molar-refractivity contribution in [2.75, 3.05) is 0 Å². The zero-order valence-electron chi connectivity index (χ0n) is 13.1. The molecule has 0 bridgehead atoms. The van der Waals surface area contributed by atoms with Gasteiger partial charge >= 0.3 is 5.97 Å². The van der Waals surface area contributed by atoms with Crippen molar-refractivity contribution in [2.45, 2.75) is 97.3 Å². The molecule has 0 aliphatic rings. The van der Waals surface area contributed by atoms with Gasteiger partial charge in [0.25, 0.3) is 0 Å². The zero-order chi connectivity index (χ0) is 14.3. The summed E-state index contributed by atoms with van der Waals surface area (Å²) in [5.41, 5.74) is 0. The van der Waals surface area contributed by atoms with E-state index >= 15 is 0 Å². The summed E-state index contributed by atoms with van der Waals surface area (Å²) in [6.45, 7) is 4.44. The van der Waals surface area contributed by atoms with Crippen LogP contribution >= 0.6 is 0 Å². The Labute approximate surface area is 120 Å². The summed E-state index contributed by atoms with van der Waals surface area (Å²) in [5, 5.41) is 8.61. The van der Waals surface area contributed by atoms with Crippen LogP contribution in [-0.2, 0) is 4.79 Å². The molecule has 0 aliphatic heterocycles. The van der Waals surface area contributed by atoms with E-state index in [0.29, 0.717) is 12.3 Å². The Morgan fingerprint density at radius 1 is 0.842 bits per heavy atom. The lowest BCUT2D eigenvalue weighted by Crippen LogP contribution is -2.01. The Bertz CT molecular complexity index is 201. The summed E-state index contributed by atoms with van der Waals surface area (Å²) < 4.78 is 0. The monoisotopic (exact) mass is 270 g/mol. The maximum Gasteiger partial charge on any atom is 0.303 e. The van der Waals surface area contributed by atoms with Gasteiger partial charge in [0, 0.05) is 6.42 Å². The Hall–Kier alpha value is -0.530. The summed E-state index contributed by atoms with van der Waals surface area (Å²) in [6, 6.07) is 0. The summed E-state index contributed by atoms with van der Waals surface area (Å²) in [7, 11) is 0. The van der Waals surface area contributed by atoms with Crippen molar-refractivity contribution in [3.63, 3.8) is 0 Å². The highest BCUT2D eigenvalue weighted by atomic mass is 16.4. The van der Waals surface area contributed by atoms with Gasteiger partial charge in [0.2, 0.25) is 0 Å². The van der Waals surface area contributed by atoms with Gasteiger partial charge in [0.15, 0.2) is 0 Å². The molecule has 0 aromatic carbocycles. The minimum absolute atomic E-state index is 0.332. The van der Waals surface area contributed by atoms with Crippen LogP contribution in [0.1, 0.15) is 97.3 Å². The quantitative estimate of drug-likeness (QED) is 0.405. The fourth-order valence-corrected chi connectivity index (χ4v) is 2.49. The van der Waals surface area contributed by atoms with Crippen molar-refractivity contribution in [1.29, 1.82) is 0 Å². The average Bonchev–Trinajstić information content (AvgIpc) is 2.38. The van der Waals surface area contributed by atoms with Crippen molar-refractivity contribution in [2.24, 2.45) is 5.92 Å². The van der Waals surface area contributed by atoms with Crippen LogP contribution in [0.15, 0.2) is 0 Å². The zero-order valence-corrected chi connectivity index (χ0v) is 13.1. The van der Waals surface area contributed by atoms with E-state index in [1.165, 1.54) is 70.6 Å². The molecule has 0 aliphatic carbocycles. The number of carboxylic acid groups (broad SMARTS) is 1. The van der Waals surface area contributed by atoms with E-state index in [1.54, 1.807) is 0 Å². The minimum Gasteiger partial charge on any atom is -0.481 e. The van der Waals surface area contributed by atoms with E-state index in [9.17, 15) is 4.79 Å². The van der Waals surface area contributed by atoms with Crippen LogP contribution in [0.4, 0.5) is 0 Å². The van der Waals surface area contributed by atoms with Crippen molar-refractivity contribution >= 4 is 5.97 Å². The Balaban J connectivity index is 3.11. The first-order chi connectivity index (χ1) is 9.16. The number of rotatable bonds is 14. The van der Waals surface area contributed by atoms with Gasteiger partial charge in [-0.3, -0.25) is 4.79 Å². The molecule has 0 aromatic heterocycles. The Morgan fingerprint density at radius 3 is 1.79 bits per heavy atom. The molecule has 0 fully saturated rings. The van der Waals surface area contributed by atoms with E-state index in [2.05, 4.69) is 13.8 Å². The number of carboxylic acids is 1. The first-order valence-electron chi connectivity index (χ1n) is 8.38. The van der Waals surface area contributed by atoms with Gasteiger partial charge in [0.05, 0.1) is 0 Å². The summed E-state index contributed by atoms with van der Waals surface area (Å²) in [4.78, 5) is 10.4. The van der Waals surface area contributed by atoms with E-state index < -0.39 is 5.97 Å². The molecule has 0 radical (unpaired) electrons. The SMILES string of the molecule is CCCCCCCCCCCC[C@H](C)CCC(=O)O. The lowest BCUT2D eigenvalue weighted by molar-refractivity contribution is -0.137. The van der Waals surface area contributed by atoms with Gasteiger partial charge in [-0.15, -0.1) is 0 Å². The molecule has 0 saturated heterocycles. The summed E-state index contributed by atoms with van der Waals surface area (Å²) in [5.74, 6) is -0.0833. The van der Waals surface area contributed by atoms with E-state index in [1.807, 2.05) is 0 Å². The highest BCUT2D eigenvalue weighted by Crippen LogP contribution is 2.16. The third-order valence-electron chi connectivity index (χ3n) is 3.90. The largest absolute Gasteiger partial charge is 0.481 e. The van der Waals surface area contributed by atoms with Gasteiger partial charge in [-0.25, -0.2) is 0 Å². The summed E-state index contributed by atoms with van der Waals surface area (Å²) >= 11 is 0. The molecule has 1 N–H and O–H groups in total. The number of carbonyl (C=O) groups is 1. The fourth-order valence-electron chi connectivity index (χ4n) is 2.49. The first kappa shape index (κ1) is 18.5. The van der Waals surface area contributed by atoms with Crippen LogP contribution in [0.3, 0.4) is 0 Å². The average molecular weight is 270 g/mol. The van der Waals surface area contributed by atoms with Crippen LogP contribution in [0.25, 0.3) is 0 Å². The molecule has 114 valence electrons. The van der Waals surface area contributed by atoms with E-state index in [4.69, 9.17) is 5.11 Å². The van der Waals surface area contributed by atoms with E-state index in [0.717, 1.165) is 6.42 Å². The summed E-state index contributed by atoms with van der Waals surface area (Å²) in [6.07, 6.45) is 16.1. The van der Waals surface area contributed by atoms with Crippen LogP contribution in [0.5, 0.6) is 0 Å². The molecule has 19 heavy (non-hydrogen) atoms. The van der Waals surface area contributed by atoms with Gasteiger partial charge in [-0.05, 0) is 12.3 Å². The van der Waals surface area contributed by atoms with Gasteiger partial charge in [-0.2, -0.15) is 0 Å². The molecule has 0 aromatic rings. The topological polar surface area (TPSA) is 37.3 Å². The van der Waals surface area contributed by atoms with Crippen molar-refractivity contribution in [3.8, 4) is 0 Å². The van der Waals surface area contributed by atoms with Gasteiger partial charge < -0.3 is 5.11 Å². The molecular formula is C17H34O2. The smallest absolute Gasteiger partial charge is 0.303 e. The maximum atomic E-state index is 10.4. The molecule has 0 saturated carbocycles. The highest BCUT2D eigenvalue weighted by Gasteiger charge is 2.04. The second kappa shape index (κ2) is 13.9. The van der Waals surface area contributed by atoms with E-state index in [-0.39, 0.29) is 0 Å². The molecule has 0 amide bonds. The Kier molecular flexibility index (Phi) is 13.5. The molecule has 1 atom stereocenters. The van der Waals surface area contributed by atoms with Crippen LogP contribution < -0.4 is 0 Å². The first-order valence-corrected chi connectivity index (χ1v) is 8.38. The number of unbranched alkanes of at least 4 members (excludes halogenated alkanes) is 9.